The smallest absolute Gasteiger partial charge is 0.355 e. The van der Waals surface area contributed by atoms with Crippen molar-refractivity contribution in [3.63, 3.8) is 0 Å². The van der Waals surface area contributed by atoms with E-state index in [0.29, 0.717) is 18.8 Å². The van der Waals surface area contributed by atoms with E-state index in [1.807, 2.05) is 54.0 Å². The minimum atomic E-state index is -0.340. The van der Waals surface area contributed by atoms with Crippen LogP contribution < -0.4 is 0 Å². The number of ether oxygens (including phenoxy) is 1. The van der Waals surface area contributed by atoms with Crippen LogP contribution in [-0.2, 0) is 24.3 Å². The quantitative estimate of drug-likeness (QED) is 0.383. The molecule has 6 heteroatoms. The Kier molecular flexibility index (Phi) is 6.71. The summed E-state index contributed by atoms with van der Waals surface area (Å²) in [4.78, 5) is 17.2. The van der Waals surface area contributed by atoms with Gasteiger partial charge in [0.1, 0.15) is 11.5 Å². The minimum absolute atomic E-state index is 0.0429. The number of nitrogens with zero attached hydrogens (tertiary/aromatic N) is 3. The molecule has 4 rings (SSSR count). The molecule has 2 aromatic heterocycles. The maximum absolute atomic E-state index is 12.7. The zero-order valence-electron chi connectivity index (χ0n) is 18.6. The zero-order valence-corrected chi connectivity index (χ0v) is 18.6. The Hall–Kier alpha value is -3.38. The molecule has 0 atom stereocenters. The first-order chi connectivity index (χ1) is 15.7. The van der Waals surface area contributed by atoms with E-state index in [4.69, 9.17) is 4.74 Å². The highest BCUT2D eigenvalue weighted by Gasteiger charge is 2.18. The van der Waals surface area contributed by atoms with Crippen LogP contribution in [0.2, 0.25) is 0 Å². The number of esters is 1. The number of fused-ring (bicyclic) bond motifs is 1. The number of aliphatic hydroxyl groups excluding tert-OH is 1. The van der Waals surface area contributed by atoms with E-state index in [1.165, 1.54) is 0 Å². The fourth-order valence-electron chi connectivity index (χ4n) is 4.06. The largest absolute Gasteiger partial charge is 0.461 e. The second kappa shape index (κ2) is 9.83. The number of unbranched alkanes of at least 4 members (excludes halogenated alkanes) is 1. The Morgan fingerprint density at radius 2 is 1.91 bits per heavy atom. The molecule has 0 bridgehead atoms. The summed E-state index contributed by atoms with van der Waals surface area (Å²) < 4.78 is 9.36. The van der Waals surface area contributed by atoms with Crippen LogP contribution in [0.1, 0.15) is 54.3 Å². The molecular formula is C26H29N3O3. The second-order valence-corrected chi connectivity index (χ2v) is 7.83. The molecule has 0 radical (unpaired) electrons. The van der Waals surface area contributed by atoms with Gasteiger partial charge in [-0.1, -0.05) is 37.6 Å². The van der Waals surface area contributed by atoms with Gasteiger partial charge in [0.2, 0.25) is 0 Å². The maximum atomic E-state index is 12.7. The molecule has 166 valence electrons. The third-order valence-corrected chi connectivity index (χ3v) is 5.64. The number of carbonyl (C=O) groups excluding carboxylic acids is 1. The van der Waals surface area contributed by atoms with Crippen molar-refractivity contribution in [1.82, 2.24) is 14.1 Å². The van der Waals surface area contributed by atoms with Crippen molar-refractivity contribution >= 4 is 16.9 Å². The van der Waals surface area contributed by atoms with Crippen molar-refractivity contribution in [3.8, 4) is 5.69 Å². The fraction of sp³-hybridized carbons (Fsp3) is 0.308. The van der Waals surface area contributed by atoms with Crippen LogP contribution in [-0.4, -0.2) is 31.8 Å². The molecule has 0 saturated heterocycles. The number of imidazole rings is 1. The SMILES string of the molecule is CCCCc1ncc(CO)n1Cc1ccc2c(c1)cc(C(=O)OCC)n2-c1ccccc1. The van der Waals surface area contributed by atoms with E-state index >= 15 is 0 Å². The molecular weight excluding hydrogens is 402 g/mol. The van der Waals surface area contributed by atoms with Gasteiger partial charge in [-0.05, 0) is 49.2 Å². The standard InChI is InChI=1S/C26H29N3O3/c1-3-5-11-25-27-16-22(18-30)28(25)17-19-12-13-23-20(14-19)15-24(26(31)32-4-2)29(23)21-9-7-6-8-10-21/h6-10,12-16,30H,3-5,11,17-18H2,1-2H3. The lowest BCUT2D eigenvalue weighted by Crippen LogP contribution is -2.11. The van der Waals surface area contributed by atoms with E-state index in [0.717, 1.165) is 52.9 Å². The van der Waals surface area contributed by atoms with Gasteiger partial charge in [0.25, 0.3) is 0 Å². The highest BCUT2D eigenvalue weighted by atomic mass is 16.5. The molecule has 0 unspecified atom stereocenters. The van der Waals surface area contributed by atoms with Crippen LogP contribution in [0.4, 0.5) is 0 Å². The molecule has 0 saturated carbocycles. The summed E-state index contributed by atoms with van der Waals surface area (Å²) in [6, 6.07) is 17.9. The number of hydrogen-bond donors (Lipinski definition) is 1. The van der Waals surface area contributed by atoms with Crippen molar-refractivity contribution in [2.45, 2.75) is 46.3 Å². The van der Waals surface area contributed by atoms with Gasteiger partial charge in [-0.25, -0.2) is 9.78 Å². The first kappa shape index (κ1) is 21.8. The van der Waals surface area contributed by atoms with Crippen LogP contribution in [0.3, 0.4) is 0 Å². The molecule has 0 aliphatic carbocycles. The number of hydrogen-bond acceptors (Lipinski definition) is 4. The number of rotatable bonds is 9. The first-order valence-electron chi connectivity index (χ1n) is 11.2. The van der Waals surface area contributed by atoms with Gasteiger partial charge < -0.3 is 19.0 Å². The molecule has 32 heavy (non-hydrogen) atoms. The van der Waals surface area contributed by atoms with Gasteiger partial charge in [0.15, 0.2) is 0 Å². The fourth-order valence-corrected chi connectivity index (χ4v) is 4.06. The number of aromatic nitrogens is 3. The summed E-state index contributed by atoms with van der Waals surface area (Å²) in [6.45, 7) is 4.87. The number of benzene rings is 2. The Balaban J connectivity index is 1.76. The van der Waals surface area contributed by atoms with Gasteiger partial charge in [0.05, 0.1) is 30.6 Å². The highest BCUT2D eigenvalue weighted by molar-refractivity contribution is 5.97. The van der Waals surface area contributed by atoms with Crippen molar-refractivity contribution in [1.29, 1.82) is 0 Å². The average molecular weight is 432 g/mol. The van der Waals surface area contributed by atoms with Crippen molar-refractivity contribution in [3.05, 3.63) is 83.6 Å². The van der Waals surface area contributed by atoms with Crippen molar-refractivity contribution < 1.29 is 14.6 Å². The Labute approximate surface area is 188 Å². The van der Waals surface area contributed by atoms with E-state index in [9.17, 15) is 9.90 Å². The van der Waals surface area contributed by atoms with Crippen molar-refractivity contribution in [2.75, 3.05) is 6.61 Å². The summed E-state index contributed by atoms with van der Waals surface area (Å²) in [5.74, 6) is 0.651. The molecule has 0 aliphatic rings. The second-order valence-electron chi connectivity index (χ2n) is 7.83. The van der Waals surface area contributed by atoms with Gasteiger partial charge in [-0.15, -0.1) is 0 Å². The van der Waals surface area contributed by atoms with Crippen LogP contribution in [0, 0.1) is 0 Å². The lowest BCUT2D eigenvalue weighted by Gasteiger charge is -2.12. The van der Waals surface area contributed by atoms with E-state index in [-0.39, 0.29) is 12.6 Å². The van der Waals surface area contributed by atoms with Crippen LogP contribution in [0.15, 0.2) is 60.8 Å². The molecule has 6 nitrogen and oxygen atoms in total. The number of carbonyl (C=O) groups is 1. The topological polar surface area (TPSA) is 69.3 Å². The van der Waals surface area contributed by atoms with E-state index in [1.54, 1.807) is 6.20 Å². The van der Waals surface area contributed by atoms with Crippen LogP contribution >= 0.6 is 0 Å². The molecule has 2 aromatic carbocycles. The number of aliphatic hydroxyl groups is 1. The molecule has 0 aliphatic heterocycles. The summed E-state index contributed by atoms with van der Waals surface area (Å²) in [5.41, 5.74) is 4.26. The monoisotopic (exact) mass is 431 g/mol. The predicted molar refractivity (Wildman–Crippen MR) is 125 cm³/mol. The van der Waals surface area contributed by atoms with Crippen LogP contribution in [0.25, 0.3) is 16.6 Å². The summed E-state index contributed by atoms with van der Waals surface area (Å²) >= 11 is 0. The molecule has 0 spiro atoms. The van der Waals surface area contributed by atoms with Gasteiger partial charge >= 0.3 is 5.97 Å². The molecule has 0 fully saturated rings. The van der Waals surface area contributed by atoms with Crippen molar-refractivity contribution in [2.24, 2.45) is 0 Å². The first-order valence-corrected chi connectivity index (χ1v) is 11.2. The third-order valence-electron chi connectivity index (χ3n) is 5.64. The minimum Gasteiger partial charge on any atom is -0.461 e. The van der Waals surface area contributed by atoms with E-state index < -0.39 is 0 Å². The third kappa shape index (κ3) is 4.32. The van der Waals surface area contributed by atoms with Gasteiger partial charge in [-0.2, -0.15) is 0 Å². The predicted octanol–water partition coefficient (Wildman–Crippen LogP) is 4.89. The Morgan fingerprint density at radius 1 is 1.09 bits per heavy atom. The lowest BCUT2D eigenvalue weighted by atomic mass is 10.1. The number of aryl methyl sites for hydroxylation is 1. The van der Waals surface area contributed by atoms with Gasteiger partial charge in [-0.3, -0.25) is 0 Å². The molecule has 1 N–H and O–H groups in total. The Bertz CT molecular complexity index is 1210. The average Bonchev–Trinajstić information content (AvgIpc) is 3.39. The van der Waals surface area contributed by atoms with E-state index in [2.05, 4.69) is 28.6 Å². The molecule has 4 aromatic rings. The normalized spacial score (nSPS) is 11.2. The lowest BCUT2D eigenvalue weighted by molar-refractivity contribution is 0.0517. The Morgan fingerprint density at radius 3 is 2.62 bits per heavy atom. The molecule has 2 heterocycles. The van der Waals surface area contributed by atoms with Gasteiger partial charge in [0, 0.05) is 24.0 Å². The van der Waals surface area contributed by atoms with Crippen LogP contribution in [0.5, 0.6) is 0 Å². The zero-order chi connectivity index (χ0) is 22.5. The summed E-state index contributed by atoms with van der Waals surface area (Å²) in [5, 5.41) is 10.7. The summed E-state index contributed by atoms with van der Waals surface area (Å²) in [6.07, 6.45) is 4.80. The maximum Gasteiger partial charge on any atom is 0.355 e. The molecule has 0 amide bonds. The summed E-state index contributed by atoms with van der Waals surface area (Å²) in [7, 11) is 0. The highest BCUT2D eigenvalue weighted by Crippen LogP contribution is 2.27. The number of para-hydroxylation sites is 1.